The van der Waals surface area contributed by atoms with Gasteiger partial charge in [-0.2, -0.15) is 0 Å². The first-order valence-corrected chi connectivity index (χ1v) is 7.40. The second-order valence-electron chi connectivity index (χ2n) is 5.58. The molecule has 0 aliphatic heterocycles. The molecule has 2 aromatic carbocycles. The number of H-pyrrole nitrogens is 1. The molecule has 1 aromatic heterocycles. The molecule has 0 spiro atoms. The van der Waals surface area contributed by atoms with Crippen molar-refractivity contribution in [3.63, 3.8) is 0 Å². The Kier molecular flexibility index (Phi) is 3.82. The van der Waals surface area contributed by atoms with Crippen LogP contribution in [0.1, 0.15) is 21.6 Å². The number of benzene rings is 2. The zero-order valence-corrected chi connectivity index (χ0v) is 13.7. The summed E-state index contributed by atoms with van der Waals surface area (Å²) in [7, 11) is 3.02. The van der Waals surface area contributed by atoms with Gasteiger partial charge in [-0.1, -0.05) is 12.1 Å². The quantitative estimate of drug-likeness (QED) is 0.736. The topological polar surface area (TPSA) is 51.3 Å². The number of aromatic amines is 1. The predicted molar refractivity (Wildman–Crippen MR) is 91.1 cm³/mol. The first-order chi connectivity index (χ1) is 11.0. The Morgan fingerprint density at radius 1 is 1.00 bits per heavy atom. The number of esters is 1. The molecule has 3 aromatic rings. The standard InChI is InChI=1S/C19H19NO3/c1-11-9-15-16(10-12(11)2)20-18(19(21)23-4)17(15)13-5-7-14(22-3)8-6-13/h5-10,20H,1-4H3. The number of carbonyl (C=O) groups is 1. The average Bonchev–Trinajstić information content (AvgIpc) is 2.93. The van der Waals surface area contributed by atoms with Gasteiger partial charge in [-0.25, -0.2) is 4.79 Å². The van der Waals surface area contributed by atoms with E-state index in [0.29, 0.717) is 5.69 Å². The molecule has 1 heterocycles. The zero-order chi connectivity index (χ0) is 16.6. The van der Waals surface area contributed by atoms with Crippen LogP contribution in [0.15, 0.2) is 36.4 Å². The number of carbonyl (C=O) groups excluding carboxylic acids is 1. The number of fused-ring (bicyclic) bond motifs is 1. The highest BCUT2D eigenvalue weighted by Gasteiger charge is 2.20. The van der Waals surface area contributed by atoms with Gasteiger partial charge in [-0.05, 0) is 54.8 Å². The fourth-order valence-corrected chi connectivity index (χ4v) is 2.77. The second kappa shape index (κ2) is 5.80. The summed E-state index contributed by atoms with van der Waals surface area (Å²) in [5.41, 5.74) is 5.56. The molecule has 0 fully saturated rings. The Bertz CT molecular complexity index is 876. The lowest BCUT2D eigenvalue weighted by Gasteiger charge is -2.06. The first-order valence-electron chi connectivity index (χ1n) is 7.40. The van der Waals surface area contributed by atoms with Crippen molar-refractivity contribution in [3.05, 3.63) is 53.2 Å². The molecule has 4 heteroatoms. The SMILES string of the molecule is COC(=O)c1[nH]c2cc(C)c(C)cc2c1-c1ccc(OC)cc1. The third-order valence-corrected chi connectivity index (χ3v) is 4.18. The van der Waals surface area contributed by atoms with Crippen molar-refractivity contribution in [2.45, 2.75) is 13.8 Å². The number of aromatic nitrogens is 1. The summed E-state index contributed by atoms with van der Waals surface area (Å²) in [6.45, 7) is 4.12. The molecule has 23 heavy (non-hydrogen) atoms. The molecular weight excluding hydrogens is 290 g/mol. The normalized spacial score (nSPS) is 10.8. The van der Waals surface area contributed by atoms with Crippen LogP contribution in [0.25, 0.3) is 22.0 Å². The highest BCUT2D eigenvalue weighted by Crippen LogP contribution is 2.35. The minimum atomic E-state index is -0.373. The zero-order valence-electron chi connectivity index (χ0n) is 13.7. The molecule has 0 saturated carbocycles. The first kappa shape index (κ1) is 15.2. The number of hydrogen-bond acceptors (Lipinski definition) is 3. The second-order valence-corrected chi connectivity index (χ2v) is 5.58. The van der Waals surface area contributed by atoms with Crippen LogP contribution in [0, 0.1) is 13.8 Å². The number of rotatable bonds is 3. The van der Waals surface area contributed by atoms with Gasteiger partial charge in [0.1, 0.15) is 11.4 Å². The smallest absolute Gasteiger partial charge is 0.355 e. The van der Waals surface area contributed by atoms with Gasteiger partial charge >= 0.3 is 5.97 Å². The predicted octanol–water partition coefficient (Wildman–Crippen LogP) is 4.25. The molecule has 1 N–H and O–H groups in total. The van der Waals surface area contributed by atoms with Crippen LogP contribution in [0.3, 0.4) is 0 Å². The van der Waals surface area contributed by atoms with Crippen LogP contribution < -0.4 is 4.74 Å². The molecule has 0 radical (unpaired) electrons. The van der Waals surface area contributed by atoms with E-state index in [0.717, 1.165) is 27.8 Å². The van der Waals surface area contributed by atoms with Crippen LogP contribution in [0.5, 0.6) is 5.75 Å². The Morgan fingerprint density at radius 2 is 1.65 bits per heavy atom. The highest BCUT2D eigenvalue weighted by atomic mass is 16.5. The Hall–Kier alpha value is -2.75. The highest BCUT2D eigenvalue weighted by molar-refractivity contribution is 6.08. The van der Waals surface area contributed by atoms with Gasteiger partial charge in [0.05, 0.1) is 14.2 Å². The van der Waals surface area contributed by atoms with Crippen LogP contribution in [-0.2, 0) is 4.74 Å². The van der Waals surface area contributed by atoms with Crippen molar-refractivity contribution in [3.8, 4) is 16.9 Å². The maximum Gasteiger partial charge on any atom is 0.355 e. The van der Waals surface area contributed by atoms with Crippen molar-refractivity contribution in [1.82, 2.24) is 4.98 Å². The molecule has 0 saturated heterocycles. The average molecular weight is 309 g/mol. The molecule has 0 aliphatic rings. The van der Waals surface area contributed by atoms with Crippen molar-refractivity contribution in [2.24, 2.45) is 0 Å². The van der Waals surface area contributed by atoms with E-state index in [4.69, 9.17) is 9.47 Å². The fraction of sp³-hybridized carbons (Fsp3) is 0.211. The van der Waals surface area contributed by atoms with Crippen LogP contribution in [0.4, 0.5) is 0 Å². The third-order valence-electron chi connectivity index (χ3n) is 4.18. The Morgan fingerprint density at radius 3 is 2.26 bits per heavy atom. The summed E-state index contributed by atoms with van der Waals surface area (Å²) in [5, 5.41) is 1.01. The maximum absolute atomic E-state index is 12.2. The summed E-state index contributed by atoms with van der Waals surface area (Å²) in [4.78, 5) is 15.4. The molecule has 0 unspecified atom stereocenters. The number of aryl methyl sites for hydroxylation is 2. The molecule has 0 amide bonds. The Balaban J connectivity index is 2.30. The van der Waals surface area contributed by atoms with E-state index in [1.165, 1.54) is 18.2 Å². The van der Waals surface area contributed by atoms with E-state index < -0.39 is 0 Å². The monoisotopic (exact) mass is 309 g/mol. The van der Waals surface area contributed by atoms with E-state index >= 15 is 0 Å². The van der Waals surface area contributed by atoms with E-state index in [1.54, 1.807) is 7.11 Å². The minimum absolute atomic E-state index is 0.373. The van der Waals surface area contributed by atoms with Crippen molar-refractivity contribution in [1.29, 1.82) is 0 Å². The molecule has 0 atom stereocenters. The number of methoxy groups -OCH3 is 2. The molecule has 3 rings (SSSR count). The summed E-state index contributed by atoms with van der Waals surface area (Å²) < 4.78 is 10.1. The third kappa shape index (κ3) is 2.57. The summed E-state index contributed by atoms with van der Waals surface area (Å²) in [6.07, 6.45) is 0. The minimum Gasteiger partial charge on any atom is -0.497 e. The van der Waals surface area contributed by atoms with E-state index in [9.17, 15) is 4.79 Å². The summed E-state index contributed by atoms with van der Waals surface area (Å²) in [6, 6.07) is 11.8. The van der Waals surface area contributed by atoms with Gasteiger partial charge in [0, 0.05) is 16.5 Å². The molecule has 0 bridgehead atoms. The van der Waals surface area contributed by atoms with Gasteiger partial charge in [-0.3, -0.25) is 0 Å². The van der Waals surface area contributed by atoms with Crippen molar-refractivity contribution in [2.75, 3.05) is 14.2 Å². The fourth-order valence-electron chi connectivity index (χ4n) is 2.77. The molecule has 4 nitrogen and oxygen atoms in total. The maximum atomic E-state index is 12.2. The molecule has 118 valence electrons. The number of hydrogen-bond donors (Lipinski definition) is 1. The lowest BCUT2D eigenvalue weighted by atomic mass is 9.99. The van der Waals surface area contributed by atoms with Crippen molar-refractivity contribution < 1.29 is 14.3 Å². The summed E-state index contributed by atoms with van der Waals surface area (Å²) >= 11 is 0. The van der Waals surface area contributed by atoms with Crippen LogP contribution in [0.2, 0.25) is 0 Å². The van der Waals surface area contributed by atoms with Gasteiger partial charge in [0.15, 0.2) is 0 Å². The Labute approximate surface area is 135 Å². The summed E-state index contributed by atoms with van der Waals surface area (Å²) in [5.74, 6) is 0.405. The van der Waals surface area contributed by atoms with Gasteiger partial charge in [0.2, 0.25) is 0 Å². The van der Waals surface area contributed by atoms with Crippen LogP contribution in [-0.4, -0.2) is 25.2 Å². The van der Waals surface area contributed by atoms with E-state index in [1.807, 2.05) is 24.3 Å². The largest absolute Gasteiger partial charge is 0.497 e. The molecule has 0 aliphatic carbocycles. The number of ether oxygens (including phenoxy) is 2. The lowest BCUT2D eigenvalue weighted by Crippen LogP contribution is -2.03. The molecular formula is C19H19NO3. The van der Waals surface area contributed by atoms with Gasteiger partial charge in [-0.15, -0.1) is 0 Å². The van der Waals surface area contributed by atoms with Gasteiger partial charge < -0.3 is 14.5 Å². The number of nitrogens with one attached hydrogen (secondary N) is 1. The van der Waals surface area contributed by atoms with E-state index in [2.05, 4.69) is 31.0 Å². The van der Waals surface area contributed by atoms with Crippen LogP contribution >= 0.6 is 0 Å². The lowest BCUT2D eigenvalue weighted by molar-refractivity contribution is 0.0596. The van der Waals surface area contributed by atoms with E-state index in [-0.39, 0.29) is 5.97 Å². The van der Waals surface area contributed by atoms with Gasteiger partial charge in [0.25, 0.3) is 0 Å². The van der Waals surface area contributed by atoms with Crippen molar-refractivity contribution >= 4 is 16.9 Å².